The van der Waals surface area contributed by atoms with Crippen molar-refractivity contribution in [2.45, 2.75) is 27.2 Å². The smallest absolute Gasteiger partial charge is 0.335 e. The first-order valence-corrected chi connectivity index (χ1v) is 6.52. The van der Waals surface area contributed by atoms with E-state index in [9.17, 15) is 14.4 Å². The molecule has 21 heavy (non-hydrogen) atoms. The highest BCUT2D eigenvalue weighted by molar-refractivity contribution is 5.97. The summed E-state index contributed by atoms with van der Waals surface area (Å²) < 4.78 is 9.94. The van der Waals surface area contributed by atoms with E-state index in [4.69, 9.17) is 9.47 Å². The summed E-state index contributed by atoms with van der Waals surface area (Å²) in [4.78, 5) is 34.4. The van der Waals surface area contributed by atoms with Crippen LogP contribution in [0.2, 0.25) is 0 Å². The van der Waals surface area contributed by atoms with Crippen molar-refractivity contribution in [2.75, 3.05) is 0 Å². The summed E-state index contributed by atoms with van der Waals surface area (Å²) in [6, 6.07) is 4.27. The van der Waals surface area contributed by atoms with Crippen LogP contribution < -0.4 is 9.47 Å². The Morgan fingerprint density at radius 3 is 2.19 bits per heavy atom. The lowest BCUT2D eigenvalue weighted by Gasteiger charge is -2.09. The van der Waals surface area contributed by atoms with Gasteiger partial charge < -0.3 is 9.47 Å². The Balaban J connectivity index is 3.13. The molecule has 0 unspecified atom stereocenters. The minimum absolute atomic E-state index is 0.116. The quantitative estimate of drug-likeness (QED) is 0.349. The molecule has 0 saturated heterocycles. The van der Waals surface area contributed by atoms with E-state index in [1.165, 1.54) is 25.1 Å². The van der Waals surface area contributed by atoms with Gasteiger partial charge in [-0.1, -0.05) is 20.4 Å². The van der Waals surface area contributed by atoms with E-state index < -0.39 is 11.9 Å². The molecule has 1 aromatic rings. The van der Waals surface area contributed by atoms with Crippen LogP contribution >= 0.6 is 0 Å². The van der Waals surface area contributed by atoms with E-state index in [1.807, 2.05) is 13.8 Å². The van der Waals surface area contributed by atoms with Crippen LogP contribution in [-0.2, 0) is 9.59 Å². The Labute approximate surface area is 123 Å². The number of esters is 2. The van der Waals surface area contributed by atoms with Crippen LogP contribution in [0, 0.1) is 5.92 Å². The third-order valence-electron chi connectivity index (χ3n) is 2.44. The van der Waals surface area contributed by atoms with Gasteiger partial charge in [-0.15, -0.1) is 0 Å². The zero-order chi connectivity index (χ0) is 16.0. The van der Waals surface area contributed by atoms with Gasteiger partial charge in [0.15, 0.2) is 5.78 Å². The predicted octanol–water partition coefficient (Wildman–Crippen LogP) is 2.93. The second-order valence-electron chi connectivity index (χ2n) is 4.93. The highest BCUT2D eigenvalue weighted by Gasteiger charge is 2.14. The molecule has 0 bridgehead atoms. The Morgan fingerprint density at radius 2 is 1.71 bits per heavy atom. The van der Waals surface area contributed by atoms with Crippen molar-refractivity contribution in [1.82, 2.24) is 0 Å². The second-order valence-corrected chi connectivity index (χ2v) is 4.93. The number of ether oxygens (including phenoxy) is 2. The molecule has 0 saturated carbocycles. The minimum atomic E-state index is -0.655. The van der Waals surface area contributed by atoms with Crippen molar-refractivity contribution < 1.29 is 23.9 Å². The molecule has 0 spiro atoms. The molecule has 0 aliphatic rings. The molecule has 0 aliphatic heterocycles. The van der Waals surface area contributed by atoms with Crippen LogP contribution in [0.4, 0.5) is 0 Å². The van der Waals surface area contributed by atoms with E-state index in [0.29, 0.717) is 12.0 Å². The van der Waals surface area contributed by atoms with E-state index in [-0.39, 0.29) is 23.2 Å². The average molecular weight is 290 g/mol. The molecule has 0 fully saturated rings. The maximum absolute atomic E-state index is 12.1. The minimum Gasteiger partial charge on any atom is -0.427 e. The molecule has 0 N–H and O–H groups in total. The predicted molar refractivity (Wildman–Crippen MR) is 77.4 cm³/mol. The van der Waals surface area contributed by atoms with Gasteiger partial charge in [-0.2, -0.15) is 0 Å². The van der Waals surface area contributed by atoms with Crippen LogP contribution in [0.1, 0.15) is 37.6 Å². The number of Topliss-reactive ketones (excluding diaryl/α,β-unsaturated/α-hetero) is 1. The maximum Gasteiger partial charge on any atom is 0.335 e. The highest BCUT2D eigenvalue weighted by Crippen LogP contribution is 2.25. The van der Waals surface area contributed by atoms with E-state index >= 15 is 0 Å². The summed E-state index contributed by atoms with van der Waals surface area (Å²) in [6.45, 7) is 8.39. The summed E-state index contributed by atoms with van der Waals surface area (Å²) in [6.07, 6.45) is 1.35. The molecule has 5 nitrogen and oxygen atoms in total. The van der Waals surface area contributed by atoms with Gasteiger partial charge in [-0.05, 0) is 18.1 Å². The number of ketones is 1. The highest BCUT2D eigenvalue weighted by atomic mass is 16.5. The Bertz CT molecular complexity index is 572. The first kappa shape index (κ1) is 16.6. The normalized spacial score (nSPS) is 10.1. The van der Waals surface area contributed by atoms with Gasteiger partial charge in [0.2, 0.25) is 0 Å². The SMILES string of the molecule is C=CC(=O)Oc1cc(OC(C)=O)cc(C(=O)CC(C)C)c1. The van der Waals surface area contributed by atoms with Gasteiger partial charge >= 0.3 is 11.9 Å². The van der Waals surface area contributed by atoms with Crippen molar-refractivity contribution in [1.29, 1.82) is 0 Å². The van der Waals surface area contributed by atoms with Gasteiger partial charge in [0.05, 0.1) is 0 Å². The lowest BCUT2D eigenvalue weighted by molar-refractivity contribution is -0.131. The molecule has 0 heterocycles. The summed E-state index contributed by atoms with van der Waals surface area (Å²) in [5, 5.41) is 0. The molecule has 0 amide bonds. The number of hydrogen-bond donors (Lipinski definition) is 0. The topological polar surface area (TPSA) is 69.7 Å². The Morgan fingerprint density at radius 1 is 1.14 bits per heavy atom. The summed E-state index contributed by atoms with van der Waals surface area (Å²) >= 11 is 0. The lowest BCUT2D eigenvalue weighted by atomic mass is 10.0. The van der Waals surface area contributed by atoms with Crippen molar-refractivity contribution in [2.24, 2.45) is 5.92 Å². The van der Waals surface area contributed by atoms with Crippen molar-refractivity contribution in [3.63, 3.8) is 0 Å². The third kappa shape index (κ3) is 5.60. The van der Waals surface area contributed by atoms with Gasteiger partial charge in [0.1, 0.15) is 11.5 Å². The van der Waals surface area contributed by atoms with Gasteiger partial charge in [-0.25, -0.2) is 4.79 Å². The van der Waals surface area contributed by atoms with Crippen LogP contribution in [0.25, 0.3) is 0 Å². The summed E-state index contributed by atoms with van der Waals surface area (Å²) in [5.41, 5.74) is 0.328. The standard InChI is InChI=1S/C16H18O5/c1-5-16(19)21-14-8-12(15(18)6-10(2)3)7-13(9-14)20-11(4)17/h5,7-10H,1,6H2,2-4H3. The zero-order valence-corrected chi connectivity index (χ0v) is 12.3. The number of rotatable bonds is 6. The maximum atomic E-state index is 12.1. The fourth-order valence-electron chi connectivity index (χ4n) is 1.66. The molecule has 0 atom stereocenters. The zero-order valence-electron chi connectivity index (χ0n) is 12.3. The fraction of sp³-hybridized carbons (Fsp3) is 0.312. The molecule has 0 radical (unpaired) electrons. The van der Waals surface area contributed by atoms with Gasteiger partial charge in [0, 0.05) is 31.1 Å². The number of hydrogen-bond acceptors (Lipinski definition) is 5. The molecular formula is C16H18O5. The third-order valence-corrected chi connectivity index (χ3v) is 2.44. The number of benzene rings is 1. The number of carbonyl (C=O) groups is 3. The monoisotopic (exact) mass is 290 g/mol. The van der Waals surface area contributed by atoms with Crippen LogP contribution in [0.3, 0.4) is 0 Å². The van der Waals surface area contributed by atoms with Crippen LogP contribution in [0.5, 0.6) is 11.5 Å². The van der Waals surface area contributed by atoms with Gasteiger partial charge in [0.25, 0.3) is 0 Å². The fourth-order valence-corrected chi connectivity index (χ4v) is 1.66. The molecule has 0 aliphatic carbocycles. The van der Waals surface area contributed by atoms with Gasteiger partial charge in [-0.3, -0.25) is 9.59 Å². The molecule has 1 aromatic carbocycles. The van der Waals surface area contributed by atoms with E-state index in [1.54, 1.807) is 0 Å². The average Bonchev–Trinajstić information content (AvgIpc) is 2.36. The van der Waals surface area contributed by atoms with Crippen molar-refractivity contribution >= 4 is 17.7 Å². The first-order chi connectivity index (χ1) is 9.81. The Hall–Kier alpha value is -2.43. The van der Waals surface area contributed by atoms with Crippen molar-refractivity contribution in [3.8, 4) is 11.5 Å². The summed E-state index contributed by atoms with van der Waals surface area (Å²) in [5.74, 6) is -0.819. The van der Waals surface area contributed by atoms with Crippen LogP contribution in [0.15, 0.2) is 30.9 Å². The molecule has 1 rings (SSSR count). The lowest BCUT2D eigenvalue weighted by Crippen LogP contribution is -2.08. The number of carbonyl (C=O) groups excluding carboxylic acids is 3. The molecule has 5 heteroatoms. The first-order valence-electron chi connectivity index (χ1n) is 6.52. The Kier molecular flexibility index (Phi) is 5.84. The van der Waals surface area contributed by atoms with E-state index in [2.05, 4.69) is 6.58 Å². The summed E-state index contributed by atoms with van der Waals surface area (Å²) in [7, 11) is 0. The van der Waals surface area contributed by atoms with E-state index in [0.717, 1.165) is 6.08 Å². The largest absolute Gasteiger partial charge is 0.427 e. The van der Waals surface area contributed by atoms with Crippen LogP contribution in [-0.4, -0.2) is 17.7 Å². The van der Waals surface area contributed by atoms with Crippen molar-refractivity contribution in [3.05, 3.63) is 36.4 Å². The molecule has 112 valence electrons. The second kappa shape index (κ2) is 7.38. The molecule has 0 aromatic heterocycles. The molecular weight excluding hydrogens is 272 g/mol.